The van der Waals surface area contributed by atoms with Gasteiger partial charge in [-0.2, -0.15) is 0 Å². The summed E-state index contributed by atoms with van der Waals surface area (Å²) in [6, 6.07) is 8.45. The first kappa shape index (κ1) is 20.6. The van der Waals surface area contributed by atoms with E-state index in [1.165, 1.54) is 0 Å². The Bertz CT molecular complexity index is 687. The largest absolute Gasteiger partial charge is 0.445 e. The number of alkyl carbamates (subject to hydrolysis) is 1. The Labute approximate surface area is 158 Å². The molecule has 2 N–H and O–H groups in total. The van der Waals surface area contributed by atoms with Gasteiger partial charge in [-0.05, 0) is 24.3 Å². The van der Waals surface area contributed by atoms with Crippen LogP contribution in [0.25, 0.3) is 0 Å². The Morgan fingerprint density at radius 1 is 1.22 bits per heavy atom. The molecule has 0 aliphatic carbocycles. The van der Waals surface area contributed by atoms with Gasteiger partial charge in [-0.1, -0.05) is 44.2 Å². The fraction of sp³-hybridized carbons (Fsp3) is 0.500. The van der Waals surface area contributed by atoms with Crippen LogP contribution in [0.2, 0.25) is 0 Å². The molecule has 1 heterocycles. The predicted molar refractivity (Wildman–Crippen MR) is 98.8 cm³/mol. The van der Waals surface area contributed by atoms with Gasteiger partial charge in [0.1, 0.15) is 6.61 Å². The molecule has 2 rings (SSSR count). The lowest BCUT2D eigenvalue weighted by atomic mass is 9.88. The second-order valence-electron chi connectivity index (χ2n) is 7.06. The van der Waals surface area contributed by atoms with Crippen molar-refractivity contribution in [2.45, 2.75) is 45.8 Å². The van der Waals surface area contributed by atoms with Crippen LogP contribution >= 0.6 is 0 Å². The van der Waals surface area contributed by atoms with Crippen LogP contribution in [0.15, 0.2) is 30.3 Å². The highest BCUT2D eigenvalue weighted by atomic mass is 16.5. The molecule has 146 valence electrons. The van der Waals surface area contributed by atoms with E-state index in [9.17, 15) is 19.2 Å². The van der Waals surface area contributed by atoms with E-state index in [1.54, 1.807) is 0 Å². The van der Waals surface area contributed by atoms with E-state index in [1.807, 2.05) is 44.2 Å². The quantitative estimate of drug-likeness (QED) is 0.711. The SMILES string of the molecule is CC(C)[C@H](NC(=O)OCc1ccccc1)C(=O)CC1CCCNC(=O)C1=O. The molecule has 0 aromatic heterocycles. The molecule has 1 aliphatic heterocycles. The molecule has 1 saturated heterocycles. The van der Waals surface area contributed by atoms with Crippen LogP contribution in [0.3, 0.4) is 0 Å². The van der Waals surface area contributed by atoms with E-state index in [0.717, 1.165) is 5.56 Å². The van der Waals surface area contributed by atoms with Gasteiger partial charge < -0.3 is 15.4 Å². The number of nitrogens with one attached hydrogen (secondary N) is 2. The minimum absolute atomic E-state index is 0.0614. The van der Waals surface area contributed by atoms with Crippen LogP contribution in [0.1, 0.15) is 38.7 Å². The summed E-state index contributed by atoms with van der Waals surface area (Å²) in [5.74, 6) is -2.27. The van der Waals surface area contributed by atoms with Crippen LogP contribution < -0.4 is 10.6 Å². The molecule has 0 bridgehead atoms. The van der Waals surface area contributed by atoms with Crippen LogP contribution in [-0.2, 0) is 25.7 Å². The minimum atomic E-state index is -0.771. The van der Waals surface area contributed by atoms with E-state index in [0.29, 0.717) is 19.4 Å². The summed E-state index contributed by atoms with van der Waals surface area (Å²) < 4.78 is 5.17. The van der Waals surface area contributed by atoms with Gasteiger partial charge in [-0.3, -0.25) is 14.4 Å². The molecule has 7 nitrogen and oxygen atoms in total. The van der Waals surface area contributed by atoms with E-state index in [2.05, 4.69) is 10.6 Å². The molecule has 1 unspecified atom stereocenters. The molecule has 27 heavy (non-hydrogen) atoms. The van der Waals surface area contributed by atoms with Crippen molar-refractivity contribution in [1.82, 2.24) is 10.6 Å². The van der Waals surface area contributed by atoms with E-state index in [4.69, 9.17) is 4.74 Å². The molecular formula is C20H26N2O5. The maximum absolute atomic E-state index is 12.7. The lowest BCUT2D eigenvalue weighted by molar-refractivity contribution is -0.140. The monoisotopic (exact) mass is 374 g/mol. The van der Waals surface area contributed by atoms with Gasteiger partial charge in [0, 0.05) is 18.9 Å². The van der Waals surface area contributed by atoms with Gasteiger partial charge in [0.05, 0.1) is 6.04 Å². The number of hydrogen-bond donors (Lipinski definition) is 2. The summed E-state index contributed by atoms with van der Waals surface area (Å²) >= 11 is 0. The summed E-state index contributed by atoms with van der Waals surface area (Å²) in [6.45, 7) is 4.16. The van der Waals surface area contributed by atoms with Gasteiger partial charge in [-0.25, -0.2) is 4.79 Å². The number of amides is 2. The molecule has 0 radical (unpaired) electrons. The second kappa shape index (κ2) is 9.85. The molecule has 0 spiro atoms. The molecule has 1 aromatic rings. The highest BCUT2D eigenvalue weighted by Crippen LogP contribution is 2.18. The van der Waals surface area contributed by atoms with E-state index in [-0.39, 0.29) is 24.7 Å². The van der Waals surface area contributed by atoms with Crippen molar-refractivity contribution in [2.24, 2.45) is 11.8 Å². The number of ether oxygens (including phenoxy) is 1. The Morgan fingerprint density at radius 2 is 1.93 bits per heavy atom. The molecule has 2 atom stereocenters. The highest BCUT2D eigenvalue weighted by Gasteiger charge is 2.33. The number of rotatable bonds is 7. The number of hydrogen-bond acceptors (Lipinski definition) is 5. The van der Waals surface area contributed by atoms with Crippen LogP contribution in [-0.4, -0.2) is 36.2 Å². The van der Waals surface area contributed by atoms with Gasteiger partial charge in [-0.15, -0.1) is 0 Å². The zero-order valence-corrected chi connectivity index (χ0v) is 15.7. The zero-order valence-electron chi connectivity index (χ0n) is 15.7. The Hall–Kier alpha value is -2.70. The number of carbonyl (C=O) groups excluding carboxylic acids is 4. The average molecular weight is 374 g/mol. The topological polar surface area (TPSA) is 102 Å². The standard InChI is InChI=1S/C20H26N2O5/c1-13(2)17(22-20(26)27-12-14-7-4-3-5-8-14)16(23)11-15-9-6-10-21-19(25)18(15)24/h3-5,7-8,13,15,17H,6,9-12H2,1-2H3,(H,21,25)(H,22,26)/t15?,17-/m0/s1. The third-order valence-electron chi connectivity index (χ3n) is 4.56. The number of ketones is 2. The number of benzene rings is 1. The summed E-state index contributed by atoms with van der Waals surface area (Å²) in [7, 11) is 0. The van der Waals surface area contributed by atoms with Crippen LogP contribution in [0.4, 0.5) is 4.79 Å². The first-order valence-corrected chi connectivity index (χ1v) is 9.20. The predicted octanol–water partition coefficient (Wildman–Crippen LogP) is 1.99. The smallest absolute Gasteiger partial charge is 0.408 e. The van der Waals surface area contributed by atoms with Gasteiger partial charge >= 0.3 is 6.09 Å². The van der Waals surface area contributed by atoms with Gasteiger partial charge in [0.25, 0.3) is 5.91 Å². The molecule has 2 amide bonds. The average Bonchev–Trinajstić information content (AvgIpc) is 2.80. The van der Waals surface area contributed by atoms with Gasteiger partial charge in [0.15, 0.2) is 5.78 Å². The van der Waals surface area contributed by atoms with Crippen molar-refractivity contribution in [1.29, 1.82) is 0 Å². The third-order valence-corrected chi connectivity index (χ3v) is 4.56. The molecule has 1 fully saturated rings. The van der Waals surface area contributed by atoms with Crippen LogP contribution in [0, 0.1) is 11.8 Å². The number of Topliss-reactive ketones (excluding diaryl/α,β-unsaturated/α-hetero) is 2. The summed E-state index contributed by atoms with van der Waals surface area (Å²) in [5.41, 5.74) is 0.843. The van der Waals surface area contributed by atoms with Crippen molar-refractivity contribution in [2.75, 3.05) is 6.54 Å². The maximum atomic E-state index is 12.7. The highest BCUT2D eigenvalue weighted by molar-refractivity contribution is 6.37. The normalized spacial score (nSPS) is 18.4. The summed E-state index contributed by atoms with van der Waals surface area (Å²) in [5, 5.41) is 5.12. The van der Waals surface area contributed by atoms with Crippen molar-refractivity contribution >= 4 is 23.6 Å². The molecule has 7 heteroatoms. The van der Waals surface area contributed by atoms with E-state index >= 15 is 0 Å². The fourth-order valence-electron chi connectivity index (χ4n) is 3.03. The van der Waals surface area contributed by atoms with Crippen molar-refractivity contribution in [3.05, 3.63) is 35.9 Å². The lowest BCUT2D eigenvalue weighted by Crippen LogP contribution is -2.45. The van der Waals surface area contributed by atoms with Crippen molar-refractivity contribution in [3.8, 4) is 0 Å². The van der Waals surface area contributed by atoms with Crippen LogP contribution in [0.5, 0.6) is 0 Å². The van der Waals surface area contributed by atoms with Gasteiger partial charge in [0.2, 0.25) is 5.78 Å². The molecular weight excluding hydrogens is 348 g/mol. The zero-order chi connectivity index (χ0) is 19.8. The maximum Gasteiger partial charge on any atom is 0.408 e. The Balaban J connectivity index is 1.92. The minimum Gasteiger partial charge on any atom is -0.445 e. The fourth-order valence-corrected chi connectivity index (χ4v) is 3.03. The summed E-state index contributed by atoms with van der Waals surface area (Å²) in [4.78, 5) is 48.5. The van der Waals surface area contributed by atoms with Crippen molar-refractivity contribution in [3.63, 3.8) is 0 Å². The molecule has 1 aromatic carbocycles. The molecule has 0 saturated carbocycles. The van der Waals surface area contributed by atoms with Crippen molar-refractivity contribution < 1.29 is 23.9 Å². The third kappa shape index (κ3) is 6.20. The Morgan fingerprint density at radius 3 is 2.59 bits per heavy atom. The first-order valence-electron chi connectivity index (χ1n) is 9.20. The Kier molecular flexibility index (Phi) is 7.52. The van der Waals surface area contributed by atoms with E-state index < -0.39 is 29.7 Å². The second-order valence-corrected chi connectivity index (χ2v) is 7.06. The lowest BCUT2D eigenvalue weighted by Gasteiger charge is -2.22. The first-order chi connectivity index (χ1) is 12.9. The summed E-state index contributed by atoms with van der Waals surface area (Å²) in [6.07, 6.45) is 0.380. The molecule has 1 aliphatic rings. The number of carbonyl (C=O) groups is 4.